The van der Waals surface area contributed by atoms with E-state index in [1.54, 1.807) is 18.2 Å². The van der Waals surface area contributed by atoms with Gasteiger partial charge in [0, 0.05) is 23.5 Å². The number of aliphatic hydroxyl groups is 1. The number of ether oxygens (including phenoxy) is 1. The van der Waals surface area contributed by atoms with E-state index < -0.39 is 16.1 Å². The summed E-state index contributed by atoms with van der Waals surface area (Å²) in [5, 5.41) is 16.1. The zero-order chi connectivity index (χ0) is 21.6. The van der Waals surface area contributed by atoms with E-state index in [4.69, 9.17) is 4.74 Å². The largest absolute Gasteiger partial charge is 0.490 e. The van der Waals surface area contributed by atoms with Crippen molar-refractivity contribution in [1.82, 2.24) is 5.32 Å². The molecule has 0 saturated carbocycles. The van der Waals surface area contributed by atoms with E-state index in [-0.39, 0.29) is 12.5 Å². The van der Waals surface area contributed by atoms with Crippen LogP contribution in [0.3, 0.4) is 0 Å². The van der Waals surface area contributed by atoms with Crippen LogP contribution in [-0.4, -0.2) is 51.5 Å². The first-order chi connectivity index (χ1) is 14.3. The van der Waals surface area contributed by atoms with Gasteiger partial charge in [-0.05, 0) is 49.2 Å². The number of benzene rings is 2. The minimum Gasteiger partial charge on any atom is -0.490 e. The first kappa shape index (κ1) is 22.1. The van der Waals surface area contributed by atoms with Crippen LogP contribution in [0.1, 0.15) is 17.5 Å². The first-order valence-electron chi connectivity index (χ1n) is 9.80. The Kier molecular flexibility index (Phi) is 7.30. The number of aryl methyl sites for hydroxylation is 1. The highest BCUT2D eigenvalue weighted by atomic mass is 32.2. The zero-order valence-corrected chi connectivity index (χ0v) is 17.7. The lowest BCUT2D eigenvalue weighted by molar-refractivity contribution is -0.115. The number of fused-ring (bicyclic) bond motifs is 1. The number of carbonyl (C=O) groups excluding carboxylic acids is 1. The molecule has 8 nitrogen and oxygen atoms in total. The molecule has 9 heteroatoms. The predicted molar refractivity (Wildman–Crippen MR) is 116 cm³/mol. The van der Waals surface area contributed by atoms with Gasteiger partial charge in [-0.25, -0.2) is 8.42 Å². The molecular weight excluding hydrogens is 406 g/mol. The van der Waals surface area contributed by atoms with Crippen molar-refractivity contribution in [3.8, 4) is 5.75 Å². The van der Waals surface area contributed by atoms with Gasteiger partial charge in [-0.15, -0.1) is 0 Å². The average molecular weight is 434 g/mol. The fourth-order valence-electron chi connectivity index (χ4n) is 3.24. The lowest BCUT2D eigenvalue weighted by atomic mass is 10.1. The second-order valence-corrected chi connectivity index (χ2v) is 9.10. The van der Waals surface area contributed by atoms with Crippen LogP contribution < -0.4 is 20.1 Å². The molecule has 0 aliphatic carbocycles. The van der Waals surface area contributed by atoms with Gasteiger partial charge < -0.3 is 20.5 Å². The van der Waals surface area contributed by atoms with Crippen LogP contribution in [-0.2, 0) is 27.7 Å². The Bertz CT molecular complexity index is 977. The van der Waals surface area contributed by atoms with Gasteiger partial charge in [0.2, 0.25) is 15.9 Å². The van der Waals surface area contributed by atoms with Crippen molar-refractivity contribution in [3.63, 3.8) is 0 Å². The number of hydrogen-bond donors (Lipinski definition) is 4. The monoisotopic (exact) mass is 433 g/mol. The molecule has 1 heterocycles. The summed E-state index contributed by atoms with van der Waals surface area (Å²) in [5.74, 6) is 0.572. The molecule has 1 aliphatic rings. The van der Waals surface area contributed by atoms with Gasteiger partial charge in [-0.2, -0.15) is 0 Å². The minimum absolute atomic E-state index is 0.0513. The molecule has 1 aliphatic heterocycles. The van der Waals surface area contributed by atoms with Gasteiger partial charge in [-0.3, -0.25) is 9.52 Å². The van der Waals surface area contributed by atoms with Crippen LogP contribution in [0.15, 0.2) is 42.5 Å². The van der Waals surface area contributed by atoms with Gasteiger partial charge in [0.15, 0.2) is 0 Å². The molecule has 3 rings (SSSR count). The van der Waals surface area contributed by atoms with E-state index in [9.17, 15) is 18.3 Å². The molecular formula is C21H27N3O5S. The van der Waals surface area contributed by atoms with Crippen molar-refractivity contribution in [2.24, 2.45) is 0 Å². The Morgan fingerprint density at radius 2 is 1.97 bits per heavy atom. The number of aliphatic hydroxyl groups excluding tert-OH is 1. The fourth-order valence-corrected chi connectivity index (χ4v) is 3.80. The van der Waals surface area contributed by atoms with E-state index >= 15 is 0 Å². The van der Waals surface area contributed by atoms with Gasteiger partial charge in [0.25, 0.3) is 0 Å². The smallest absolute Gasteiger partial charge is 0.229 e. The molecule has 0 spiro atoms. The Morgan fingerprint density at radius 3 is 2.70 bits per heavy atom. The summed E-state index contributed by atoms with van der Waals surface area (Å²) in [5.41, 5.74) is 3.26. The quantitative estimate of drug-likeness (QED) is 0.399. The molecule has 0 bridgehead atoms. The summed E-state index contributed by atoms with van der Waals surface area (Å²) in [6.45, 7) is 1.29. The Labute approximate surface area is 176 Å². The van der Waals surface area contributed by atoms with Crippen LogP contribution in [0, 0.1) is 0 Å². The third-order valence-corrected chi connectivity index (χ3v) is 5.24. The molecule has 30 heavy (non-hydrogen) atoms. The predicted octanol–water partition coefficient (Wildman–Crippen LogP) is 1.51. The molecule has 1 amide bonds. The lowest BCUT2D eigenvalue weighted by Crippen LogP contribution is -2.32. The van der Waals surface area contributed by atoms with Gasteiger partial charge >= 0.3 is 0 Å². The summed E-state index contributed by atoms with van der Waals surface area (Å²) < 4.78 is 30.6. The van der Waals surface area contributed by atoms with Crippen LogP contribution in [0.5, 0.6) is 5.75 Å². The minimum atomic E-state index is -3.26. The first-order valence-corrected chi connectivity index (χ1v) is 11.7. The summed E-state index contributed by atoms with van der Waals surface area (Å²) in [7, 11) is -3.26. The lowest BCUT2D eigenvalue weighted by Gasteiger charge is -2.15. The number of carbonyl (C=O) groups is 1. The van der Waals surface area contributed by atoms with Gasteiger partial charge in [-0.1, -0.05) is 18.2 Å². The molecule has 1 atom stereocenters. The maximum absolute atomic E-state index is 11.5. The highest BCUT2D eigenvalue weighted by Gasteiger charge is 2.21. The number of amides is 1. The van der Waals surface area contributed by atoms with Crippen molar-refractivity contribution < 1.29 is 23.1 Å². The van der Waals surface area contributed by atoms with Crippen LogP contribution in [0.4, 0.5) is 11.4 Å². The Hall–Kier alpha value is -2.62. The topological polar surface area (TPSA) is 117 Å². The molecule has 2 aromatic rings. The average Bonchev–Trinajstić information content (AvgIpc) is 3.07. The van der Waals surface area contributed by atoms with Gasteiger partial charge in [0.1, 0.15) is 18.5 Å². The van der Waals surface area contributed by atoms with Crippen molar-refractivity contribution in [3.05, 3.63) is 53.6 Å². The van der Waals surface area contributed by atoms with Crippen molar-refractivity contribution in [2.75, 3.05) is 36.0 Å². The van der Waals surface area contributed by atoms with E-state index in [0.29, 0.717) is 24.4 Å². The summed E-state index contributed by atoms with van der Waals surface area (Å²) >= 11 is 0. The molecule has 0 radical (unpaired) electrons. The molecule has 1 unspecified atom stereocenters. The number of hydrogen-bond acceptors (Lipinski definition) is 6. The normalized spacial score (nSPS) is 14.1. The Morgan fingerprint density at radius 1 is 1.20 bits per heavy atom. The SMILES string of the molecule is CS(=O)(=O)Nc1ccc(CCCNCC(O)COc2cccc3c2CC(=O)N3)cc1. The van der Waals surface area contributed by atoms with Crippen molar-refractivity contribution in [2.45, 2.75) is 25.4 Å². The maximum Gasteiger partial charge on any atom is 0.229 e. The standard InChI is InChI=1S/C21H27N3O5S/c1-30(27,28)24-16-9-7-15(8-10-16)4-3-11-22-13-17(25)14-29-20-6-2-5-19-18(20)12-21(26)23-19/h2,5-10,17,22,24-25H,3-4,11-14H2,1H3,(H,23,26). The van der Waals surface area contributed by atoms with Crippen LogP contribution in [0.25, 0.3) is 0 Å². The van der Waals surface area contributed by atoms with Crippen molar-refractivity contribution >= 4 is 27.3 Å². The number of anilines is 2. The third kappa shape index (κ3) is 6.72. The summed E-state index contributed by atoms with van der Waals surface area (Å²) in [4.78, 5) is 11.5. The highest BCUT2D eigenvalue weighted by Crippen LogP contribution is 2.31. The van der Waals surface area contributed by atoms with E-state index in [1.165, 1.54) is 0 Å². The maximum atomic E-state index is 11.5. The molecule has 162 valence electrons. The van der Waals surface area contributed by atoms with E-state index in [1.807, 2.05) is 24.3 Å². The van der Waals surface area contributed by atoms with E-state index in [0.717, 1.165) is 42.5 Å². The van der Waals surface area contributed by atoms with Crippen molar-refractivity contribution in [1.29, 1.82) is 0 Å². The van der Waals surface area contributed by atoms with Crippen LogP contribution >= 0.6 is 0 Å². The second kappa shape index (κ2) is 9.92. The van der Waals surface area contributed by atoms with Crippen LogP contribution in [0.2, 0.25) is 0 Å². The highest BCUT2D eigenvalue weighted by molar-refractivity contribution is 7.92. The van der Waals surface area contributed by atoms with Gasteiger partial charge in [0.05, 0.1) is 12.7 Å². The molecule has 2 aromatic carbocycles. The molecule has 0 aromatic heterocycles. The summed E-state index contributed by atoms with van der Waals surface area (Å²) in [6.07, 6.45) is 2.48. The number of nitrogens with one attached hydrogen (secondary N) is 3. The molecule has 4 N–H and O–H groups in total. The Balaban J connectivity index is 1.32. The third-order valence-electron chi connectivity index (χ3n) is 4.63. The number of rotatable bonds is 11. The zero-order valence-electron chi connectivity index (χ0n) is 16.8. The number of sulfonamides is 1. The summed E-state index contributed by atoms with van der Waals surface area (Å²) in [6, 6.07) is 12.7. The van der Waals surface area contributed by atoms with E-state index in [2.05, 4.69) is 15.4 Å². The molecule has 0 saturated heterocycles. The fraction of sp³-hybridized carbons (Fsp3) is 0.381. The second-order valence-electron chi connectivity index (χ2n) is 7.35. The molecule has 0 fully saturated rings.